The molecule has 0 fully saturated rings. The van der Waals surface area contributed by atoms with Gasteiger partial charge in [-0.2, -0.15) is 0 Å². The van der Waals surface area contributed by atoms with Gasteiger partial charge in [0, 0.05) is 17.6 Å². The van der Waals surface area contributed by atoms with E-state index in [0.29, 0.717) is 10.6 Å². The van der Waals surface area contributed by atoms with E-state index in [1.807, 2.05) is 6.92 Å². The van der Waals surface area contributed by atoms with Gasteiger partial charge in [-0.15, -0.1) is 0 Å². The van der Waals surface area contributed by atoms with Gasteiger partial charge in [0.05, 0.1) is 4.90 Å². The average Bonchev–Trinajstić information content (AvgIpc) is 2.31. The minimum Gasteiger partial charge on any atom is -0.329 e. The molecule has 0 bridgehead atoms. The molecule has 0 heterocycles. The van der Waals surface area contributed by atoms with Crippen molar-refractivity contribution in [3.63, 3.8) is 0 Å². The van der Waals surface area contributed by atoms with Gasteiger partial charge >= 0.3 is 0 Å². The predicted molar refractivity (Wildman–Crippen MR) is 74.3 cm³/mol. The number of nitrogens with two attached hydrogens (primary N) is 1. The van der Waals surface area contributed by atoms with Crippen molar-refractivity contribution in [2.75, 3.05) is 6.54 Å². The fourth-order valence-corrected chi connectivity index (χ4v) is 3.51. The van der Waals surface area contributed by atoms with E-state index in [-0.39, 0.29) is 17.5 Å². The summed E-state index contributed by atoms with van der Waals surface area (Å²) in [5, 5.41) is 0.403. The summed E-state index contributed by atoms with van der Waals surface area (Å²) in [7, 11) is -3.56. The number of aryl methyl sites for hydroxylation is 1. The molecule has 0 aromatic heterocycles. The van der Waals surface area contributed by atoms with Crippen molar-refractivity contribution < 1.29 is 8.42 Å². The highest BCUT2D eigenvalue weighted by Crippen LogP contribution is 2.20. The van der Waals surface area contributed by atoms with E-state index in [0.717, 1.165) is 12.8 Å². The molecule has 4 nitrogen and oxygen atoms in total. The van der Waals surface area contributed by atoms with E-state index < -0.39 is 10.0 Å². The molecule has 1 aromatic rings. The molecule has 18 heavy (non-hydrogen) atoms. The Hall–Kier alpha value is -0.620. The summed E-state index contributed by atoms with van der Waals surface area (Å²) in [5.74, 6) is 0. The first-order valence-electron chi connectivity index (χ1n) is 5.89. The monoisotopic (exact) mass is 290 g/mol. The Kier molecular flexibility index (Phi) is 5.59. The Labute approximate surface area is 114 Å². The zero-order chi connectivity index (χ0) is 13.8. The maximum absolute atomic E-state index is 12.2. The molecule has 0 saturated carbocycles. The number of sulfonamides is 1. The van der Waals surface area contributed by atoms with E-state index in [9.17, 15) is 8.42 Å². The van der Waals surface area contributed by atoms with Crippen molar-refractivity contribution in [1.82, 2.24) is 4.72 Å². The summed E-state index contributed by atoms with van der Waals surface area (Å²) in [6.45, 7) is 4.01. The molecule has 0 saturated heterocycles. The van der Waals surface area contributed by atoms with Gasteiger partial charge in [-0.05, 0) is 31.0 Å². The number of nitrogens with one attached hydrogen (secondary N) is 1. The molecule has 3 N–H and O–H groups in total. The molecule has 1 rings (SSSR count). The molecular weight excluding hydrogens is 272 g/mol. The van der Waals surface area contributed by atoms with Crippen LogP contribution in [-0.2, 0) is 10.0 Å². The van der Waals surface area contributed by atoms with Gasteiger partial charge in [-0.1, -0.05) is 31.0 Å². The number of halogens is 1. The smallest absolute Gasteiger partial charge is 0.241 e. The third-order valence-electron chi connectivity index (χ3n) is 2.68. The number of hydrogen-bond acceptors (Lipinski definition) is 3. The van der Waals surface area contributed by atoms with Gasteiger partial charge in [-0.25, -0.2) is 13.1 Å². The Bertz CT molecular complexity index is 503. The molecular formula is C12H19ClN2O2S. The van der Waals surface area contributed by atoms with Gasteiger partial charge in [-0.3, -0.25) is 0 Å². The number of hydrogen-bond donors (Lipinski definition) is 2. The Balaban J connectivity index is 3.02. The lowest BCUT2D eigenvalue weighted by atomic mass is 10.2. The van der Waals surface area contributed by atoms with Crippen LogP contribution in [0.2, 0.25) is 5.02 Å². The Morgan fingerprint density at radius 3 is 2.67 bits per heavy atom. The first kappa shape index (κ1) is 15.4. The van der Waals surface area contributed by atoms with Crippen LogP contribution in [0.3, 0.4) is 0 Å². The molecule has 0 amide bonds. The van der Waals surface area contributed by atoms with E-state index in [2.05, 4.69) is 4.72 Å². The molecule has 0 radical (unpaired) electrons. The predicted octanol–water partition coefficient (Wildman–Crippen LogP) is 2.05. The van der Waals surface area contributed by atoms with Crippen molar-refractivity contribution >= 4 is 21.6 Å². The zero-order valence-corrected chi connectivity index (χ0v) is 12.2. The minimum absolute atomic E-state index is 0.213. The third kappa shape index (κ3) is 3.95. The number of benzene rings is 1. The van der Waals surface area contributed by atoms with Gasteiger partial charge < -0.3 is 5.73 Å². The Morgan fingerprint density at radius 1 is 1.44 bits per heavy atom. The van der Waals surface area contributed by atoms with Crippen LogP contribution in [-0.4, -0.2) is 21.0 Å². The standard InChI is InChI=1S/C12H19ClN2O2S/c1-3-4-11(8-14)15-18(16,17)12-7-10(13)6-5-9(12)2/h5-7,11,15H,3-4,8,14H2,1-2H3. The third-order valence-corrected chi connectivity index (χ3v) is 4.58. The fourth-order valence-electron chi connectivity index (χ4n) is 1.72. The molecule has 6 heteroatoms. The van der Waals surface area contributed by atoms with E-state index in [4.69, 9.17) is 17.3 Å². The molecule has 0 aliphatic carbocycles. The fraction of sp³-hybridized carbons (Fsp3) is 0.500. The molecule has 1 unspecified atom stereocenters. The lowest BCUT2D eigenvalue weighted by Crippen LogP contribution is -2.40. The highest BCUT2D eigenvalue weighted by atomic mass is 35.5. The number of rotatable bonds is 6. The van der Waals surface area contributed by atoms with Crippen molar-refractivity contribution in [1.29, 1.82) is 0 Å². The zero-order valence-electron chi connectivity index (χ0n) is 10.6. The van der Waals surface area contributed by atoms with Gasteiger partial charge in [0.15, 0.2) is 0 Å². The summed E-state index contributed by atoms with van der Waals surface area (Å²) in [6.07, 6.45) is 1.59. The summed E-state index contributed by atoms with van der Waals surface area (Å²) in [4.78, 5) is 0.213. The van der Waals surface area contributed by atoms with Crippen molar-refractivity contribution in [2.24, 2.45) is 5.73 Å². The van der Waals surface area contributed by atoms with Crippen LogP contribution in [0.15, 0.2) is 23.1 Å². The van der Waals surface area contributed by atoms with Crippen LogP contribution in [0.25, 0.3) is 0 Å². The SMILES string of the molecule is CCCC(CN)NS(=O)(=O)c1cc(Cl)ccc1C. The second kappa shape index (κ2) is 6.52. The molecule has 0 aliphatic rings. The van der Waals surface area contributed by atoms with E-state index in [1.54, 1.807) is 19.1 Å². The summed E-state index contributed by atoms with van der Waals surface area (Å²) in [6, 6.07) is 4.58. The van der Waals surface area contributed by atoms with Gasteiger partial charge in [0.1, 0.15) is 0 Å². The van der Waals surface area contributed by atoms with Crippen LogP contribution in [0, 0.1) is 6.92 Å². The largest absolute Gasteiger partial charge is 0.329 e. The highest BCUT2D eigenvalue weighted by Gasteiger charge is 2.20. The van der Waals surface area contributed by atoms with Crippen molar-refractivity contribution in [3.8, 4) is 0 Å². The Morgan fingerprint density at radius 2 is 2.11 bits per heavy atom. The molecule has 0 aliphatic heterocycles. The summed E-state index contributed by atoms with van der Waals surface area (Å²) in [5.41, 5.74) is 6.22. The quantitative estimate of drug-likeness (QED) is 0.842. The van der Waals surface area contributed by atoms with Crippen molar-refractivity contribution in [2.45, 2.75) is 37.6 Å². The molecule has 1 aromatic carbocycles. The van der Waals surface area contributed by atoms with E-state index in [1.165, 1.54) is 6.07 Å². The first-order valence-corrected chi connectivity index (χ1v) is 7.75. The average molecular weight is 291 g/mol. The minimum atomic E-state index is -3.56. The van der Waals surface area contributed by atoms with Gasteiger partial charge in [0.25, 0.3) is 0 Å². The molecule has 0 spiro atoms. The maximum atomic E-state index is 12.2. The second-order valence-corrected chi connectivity index (χ2v) is 6.37. The van der Waals surface area contributed by atoms with Gasteiger partial charge in [0.2, 0.25) is 10.0 Å². The van der Waals surface area contributed by atoms with Crippen molar-refractivity contribution in [3.05, 3.63) is 28.8 Å². The molecule has 102 valence electrons. The van der Waals surface area contributed by atoms with Crippen LogP contribution < -0.4 is 10.5 Å². The normalized spacial score (nSPS) is 13.6. The lowest BCUT2D eigenvalue weighted by Gasteiger charge is -2.17. The summed E-state index contributed by atoms with van der Waals surface area (Å²) >= 11 is 5.84. The van der Waals surface area contributed by atoms with E-state index >= 15 is 0 Å². The lowest BCUT2D eigenvalue weighted by molar-refractivity contribution is 0.527. The van der Waals surface area contributed by atoms with Crippen LogP contribution in [0.5, 0.6) is 0 Å². The second-order valence-electron chi connectivity index (χ2n) is 4.25. The molecule has 1 atom stereocenters. The first-order chi connectivity index (χ1) is 8.40. The maximum Gasteiger partial charge on any atom is 0.241 e. The summed E-state index contributed by atoms with van der Waals surface area (Å²) < 4.78 is 27.1. The van der Waals surface area contributed by atoms with Crippen LogP contribution >= 0.6 is 11.6 Å². The highest BCUT2D eigenvalue weighted by molar-refractivity contribution is 7.89. The van der Waals surface area contributed by atoms with Crippen LogP contribution in [0.1, 0.15) is 25.3 Å². The van der Waals surface area contributed by atoms with Crippen LogP contribution in [0.4, 0.5) is 0 Å². The topological polar surface area (TPSA) is 72.2 Å².